The molecule has 0 spiro atoms. The average molecular weight is 653 g/mol. The van der Waals surface area contributed by atoms with Crippen molar-refractivity contribution in [2.75, 3.05) is 10.6 Å². The quantitative estimate of drug-likeness (QED) is 0.249. The lowest BCUT2D eigenvalue weighted by molar-refractivity contribution is -0.178. The Bertz CT molecular complexity index is 1910. The Morgan fingerprint density at radius 1 is 0.708 bits per heavy atom. The molecule has 1 aromatic heterocycles. The third-order valence-corrected chi connectivity index (χ3v) is 8.59. The highest BCUT2D eigenvalue weighted by Crippen LogP contribution is 2.33. The summed E-state index contributed by atoms with van der Waals surface area (Å²) < 4.78 is 0. The number of carbonyl (C=O) groups excluding carboxylic acids is 7. The molecule has 48 heavy (non-hydrogen) atoms. The highest BCUT2D eigenvalue weighted by Gasteiger charge is 2.45. The van der Waals surface area contributed by atoms with Crippen LogP contribution < -0.4 is 21.3 Å². The minimum atomic E-state index is -1.06. The monoisotopic (exact) mass is 652 g/mol. The van der Waals surface area contributed by atoms with Gasteiger partial charge in [-0.05, 0) is 37.1 Å². The molecule has 3 aromatic rings. The lowest BCUT2D eigenvalue weighted by Crippen LogP contribution is -2.55. The van der Waals surface area contributed by atoms with E-state index in [4.69, 9.17) is 4.84 Å². The van der Waals surface area contributed by atoms with Gasteiger partial charge in [-0.15, -0.1) is 0 Å². The number of fused-ring (bicyclic) bond motifs is 2. The molecule has 4 N–H and O–H groups in total. The molecule has 2 saturated heterocycles. The Kier molecular flexibility index (Phi) is 7.84. The van der Waals surface area contributed by atoms with Gasteiger partial charge in [0.25, 0.3) is 23.6 Å². The number of hydrogen-bond donors (Lipinski definition) is 4. The molecule has 0 radical (unpaired) electrons. The molecule has 7 rings (SSSR count). The highest BCUT2D eigenvalue weighted by atomic mass is 16.7. The van der Waals surface area contributed by atoms with Gasteiger partial charge in [0.1, 0.15) is 18.7 Å². The van der Waals surface area contributed by atoms with Gasteiger partial charge >= 0.3 is 0 Å². The van der Waals surface area contributed by atoms with E-state index in [1.165, 1.54) is 6.07 Å². The number of nitrogens with zero attached hydrogens (tertiary/aromatic N) is 4. The average Bonchev–Trinajstić information content (AvgIpc) is 3.33. The highest BCUT2D eigenvalue weighted by molar-refractivity contribution is 6.25. The number of nitrogens with one attached hydrogen (secondary N) is 4. The van der Waals surface area contributed by atoms with E-state index in [0.717, 1.165) is 9.96 Å². The second kappa shape index (κ2) is 12.3. The van der Waals surface area contributed by atoms with Crippen LogP contribution in [-0.2, 0) is 43.7 Å². The van der Waals surface area contributed by atoms with Crippen molar-refractivity contribution in [3.63, 3.8) is 0 Å². The first-order chi connectivity index (χ1) is 23.2. The fraction of sp³-hybridized carbons (Fsp3) is 0.281. The summed E-state index contributed by atoms with van der Waals surface area (Å²) in [6.07, 6.45) is 3.56. The zero-order valence-electron chi connectivity index (χ0n) is 25.3. The second-order valence-electron chi connectivity index (χ2n) is 11.6. The third-order valence-electron chi connectivity index (χ3n) is 8.59. The van der Waals surface area contributed by atoms with Crippen molar-refractivity contribution < 1.29 is 38.4 Å². The predicted octanol–water partition coefficient (Wildman–Crippen LogP) is 0.795. The van der Waals surface area contributed by atoms with Crippen molar-refractivity contribution in [2.24, 2.45) is 0 Å². The standard InChI is InChI=1S/C32H28N8O8/c41-25-9-7-23(28(43)37-25)39-30(45)19-4-2-6-22(27(19)32(39)47)36-14-17-12-33-16(11-34-17)13-35-21-5-1-3-18-20(21)15-48-40(31(18)46)24-8-10-26(42)38-29(24)44/h1-6,11-12,23-24,35-36H,7-10,13-15H2,(H,37,41,43)(H,38,42,44). The van der Waals surface area contributed by atoms with Gasteiger partial charge in [0.2, 0.25) is 17.7 Å². The fourth-order valence-corrected chi connectivity index (χ4v) is 6.16. The molecule has 0 aliphatic carbocycles. The number of benzene rings is 2. The summed E-state index contributed by atoms with van der Waals surface area (Å²) >= 11 is 0. The molecule has 4 aliphatic heterocycles. The molecule has 4 aliphatic rings. The Morgan fingerprint density at radius 2 is 1.29 bits per heavy atom. The van der Waals surface area contributed by atoms with Gasteiger partial charge in [-0.2, -0.15) is 0 Å². The summed E-state index contributed by atoms with van der Waals surface area (Å²) in [5, 5.41) is 11.9. The minimum Gasteiger partial charge on any atom is -0.379 e. The molecule has 2 fully saturated rings. The predicted molar refractivity (Wildman–Crippen MR) is 163 cm³/mol. The number of anilines is 2. The van der Waals surface area contributed by atoms with Gasteiger partial charge in [0, 0.05) is 35.3 Å². The van der Waals surface area contributed by atoms with E-state index in [2.05, 4.69) is 31.2 Å². The van der Waals surface area contributed by atoms with Crippen LogP contribution in [0.4, 0.5) is 11.4 Å². The molecule has 2 atom stereocenters. The first kappa shape index (κ1) is 30.6. The maximum absolute atomic E-state index is 13.3. The number of rotatable bonds is 8. The van der Waals surface area contributed by atoms with Gasteiger partial charge in [-0.25, -0.2) is 5.06 Å². The van der Waals surface area contributed by atoms with Crippen LogP contribution in [0.25, 0.3) is 0 Å². The summed E-state index contributed by atoms with van der Waals surface area (Å²) in [7, 11) is 0. The van der Waals surface area contributed by atoms with Gasteiger partial charge in [0.15, 0.2) is 0 Å². The van der Waals surface area contributed by atoms with Gasteiger partial charge in [-0.1, -0.05) is 12.1 Å². The first-order valence-corrected chi connectivity index (χ1v) is 15.2. The van der Waals surface area contributed by atoms with Gasteiger partial charge in [0.05, 0.1) is 48.0 Å². The number of imide groups is 3. The number of hydroxylamine groups is 2. The van der Waals surface area contributed by atoms with Crippen molar-refractivity contribution in [3.05, 3.63) is 82.4 Å². The molecule has 2 unspecified atom stereocenters. The van der Waals surface area contributed by atoms with Gasteiger partial charge in [-0.3, -0.25) is 63.9 Å². The van der Waals surface area contributed by atoms with Crippen molar-refractivity contribution in [1.82, 2.24) is 30.6 Å². The summed E-state index contributed by atoms with van der Waals surface area (Å²) in [5.74, 6) is -3.74. The van der Waals surface area contributed by atoms with Gasteiger partial charge < -0.3 is 10.6 Å². The number of piperidine rings is 2. The van der Waals surface area contributed by atoms with E-state index in [9.17, 15) is 33.6 Å². The van der Waals surface area contributed by atoms with Crippen LogP contribution in [0.15, 0.2) is 48.8 Å². The van der Waals surface area contributed by atoms with Crippen LogP contribution in [0.3, 0.4) is 0 Å². The molecular formula is C32H28N8O8. The van der Waals surface area contributed by atoms with Crippen LogP contribution in [0, 0.1) is 0 Å². The van der Waals surface area contributed by atoms with Crippen LogP contribution in [0.2, 0.25) is 0 Å². The Hall–Kier alpha value is -6.03. The first-order valence-electron chi connectivity index (χ1n) is 15.2. The van der Waals surface area contributed by atoms with E-state index in [1.54, 1.807) is 42.7 Å². The number of hydrogen-bond acceptors (Lipinski definition) is 12. The largest absolute Gasteiger partial charge is 0.379 e. The lowest BCUT2D eigenvalue weighted by atomic mass is 10.0. The smallest absolute Gasteiger partial charge is 0.278 e. The second-order valence-corrected chi connectivity index (χ2v) is 11.6. The van der Waals surface area contributed by atoms with E-state index in [0.29, 0.717) is 33.9 Å². The van der Waals surface area contributed by atoms with Crippen LogP contribution in [0.1, 0.15) is 73.7 Å². The SMILES string of the molecule is O=C1CCC(N2OCc3c(NCc4cnc(CNc5cccc6c5C(=O)N(C5CCC(=O)NC5=O)C6=O)cn4)cccc3C2=O)C(=O)N1. The minimum absolute atomic E-state index is 0.0337. The van der Waals surface area contributed by atoms with E-state index in [1.807, 2.05) is 0 Å². The molecule has 5 heterocycles. The van der Waals surface area contributed by atoms with E-state index < -0.39 is 47.5 Å². The molecule has 16 nitrogen and oxygen atoms in total. The summed E-state index contributed by atoms with van der Waals surface area (Å²) in [5.41, 5.74) is 3.53. The maximum Gasteiger partial charge on any atom is 0.278 e. The van der Waals surface area contributed by atoms with Crippen LogP contribution in [-0.4, -0.2) is 73.4 Å². The Balaban J connectivity index is 0.979. The molecule has 2 aromatic carbocycles. The van der Waals surface area contributed by atoms with E-state index in [-0.39, 0.29) is 62.4 Å². The fourth-order valence-electron chi connectivity index (χ4n) is 6.16. The summed E-state index contributed by atoms with van der Waals surface area (Å²) in [4.78, 5) is 103. The maximum atomic E-state index is 13.3. The zero-order chi connectivity index (χ0) is 33.5. The van der Waals surface area contributed by atoms with Crippen molar-refractivity contribution in [3.8, 4) is 0 Å². The topological polar surface area (TPSA) is 209 Å². The van der Waals surface area contributed by atoms with Crippen LogP contribution >= 0.6 is 0 Å². The molecular weight excluding hydrogens is 624 g/mol. The Labute approximate surface area is 272 Å². The zero-order valence-corrected chi connectivity index (χ0v) is 25.3. The molecule has 244 valence electrons. The molecule has 16 heteroatoms. The molecule has 0 bridgehead atoms. The van der Waals surface area contributed by atoms with Crippen molar-refractivity contribution >= 4 is 52.7 Å². The normalized spacial score (nSPS) is 20.7. The van der Waals surface area contributed by atoms with Crippen molar-refractivity contribution in [1.29, 1.82) is 0 Å². The Morgan fingerprint density at radius 3 is 1.92 bits per heavy atom. The third kappa shape index (κ3) is 5.51. The summed E-state index contributed by atoms with van der Waals surface area (Å²) in [6, 6.07) is 8.04. The van der Waals surface area contributed by atoms with E-state index >= 15 is 0 Å². The molecule has 7 amide bonds. The van der Waals surface area contributed by atoms with Crippen molar-refractivity contribution in [2.45, 2.75) is 57.5 Å². The number of aromatic nitrogens is 2. The number of carbonyl (C=O) groups is 7. The molecule has 0 saturated carbocycles. The van der Waals surface area contributed by atoms with Crippen LogP contribution in [0.5, 0.6) is 0 Å². The lowest BCUT2D eigenvalue weighted by Gasteiger charge is -2.35. The number of amides is 7. The summed E-state index contributed by atoms with van der Waals surface area (Å²) in [6.45, 7) is 0.508.